The van der Waals surface area contributed by atoms with Gasteiger partial charge in [-0.15, -0.1) is 0 Å². The Hall–Kier alpha value is -2.29. The number of rotatable bonds is 3. The molecule has 0 aliphatic heterocycles. The van der Waals surface area contributed by atoms with Gasteiger partial charge in [0.1, 0.15) is 0 Å². The number of anilines is 1. The maximum atomic E-state index is 4.26. The molecule has 0 unspecified atom stereocenters. The summed E-state index contributed by atoms with van der Waals surface area (Å²) in [5.74, 6) is 0.892. The van der Waals surface area contributed by atoms with E-state index >= 15 is 0 Å². The highest BCUT2D eigenvalue weighted by Gasteiger charge is 2.04. The van der Waals surface area contributed by atoms with E-state index in [9.17, 15) is 0 Å². The first-order valence-electron chi connectivity index (χ1n) is 6.04. The lowest BCUT2D eigenvalue weighted by atomic mass is 10.0. The quantitative estimate of drug-likeness (QED) is 0.758. The molecule has 0 amide bonds. The Morgan fingerprint density at radius 3 is 2.83 bits per heavy atom. The summed E-state index contributed by atoms with van der Waals surface area (Å²) < 4.78 is 2.11. The lowest BCUT2D eigenvalue weighted by Crippen LogP contribution is -2.04. The average molecular weight is 237 g/mol. The van der Waals surface area contributed by atoms with Gasteiger partial charge in [0.25, 0.3) is 0 Å². The number of nitrogens with one attached hydrogen (secondary N) is 1. The summed E-state index contributed by atoms with van der Waals surface area (Å²) in [4.78, 5) is 4.26. The molecule has 0 spiro atoms. The third-order valence-corrected chi connectivity index (χ3v) is 3.16. The average Bonchev–Trinajstić information content (AvgIpc) is 2.86. The van der Waals surface area contributed by atoms with Crippen LogP contribution in [0.1, 0.15) is 5.56 Å². The summed E-state index contributed by atoms with van der Waals surface area (Å²) in [6.07, 6.45) is 3.81. The minimum absolute atomic E-state index is 0.831. The number of fused-ring (bicyclic) bond motifs is 1. The van der Waals surface area contributed by atoms with Crippen molar-refractivity contribution in [3.8, 4) is 0 Å². The normalized spacial score (nSPS) is 10.7. The fourth-order valence-corrected chi connectivity index (χ4v) is 2.28. The largest absolute Gasteiger partial charge is 0.359 e. The van der Waals surface area contributed by atoms with Gasteiger partial charge in [-0.2, -0.15) is 0 Å². The predicted octanol–water partition coefficient (Wildman–Crippen LogP) is 3.13. The molecule has 0 atom stereocenters. The molecule has 18 heavy (non-hydrogen) atoms. The zero-order chi connectivity index (χ0) is 12.4. The molecular weight excluding hydrogens is 222 g/mol. The van der Waals surface area contributed by atoms with E-state index in [-0.39, 0.29) is 0 Å². The Labute approximate surface area is 106 Å². The highest BCUT2D eigenvalue weighted by Crippen LogP contribution is 2.20. The first-order valence-corrected chi connectivity index (χ1v) is 6.04. The fraction of sp³-hybridized carbons (Fsp3) is 0.133. The van der Waals surface area contributed by atoms with Crippen LogP contribution in [0.3, 0.4) is 0 Å². The van der Waals surface area contributed by atoms with Crippen LogP contribution in [-0.4, -0.2) is 16.6 Å². The number of benzene rings is 2. The molecular formula is C15H15N3. The molecule has 1 aromatic heterocycles. The SMILES string of the molecule is CNc1nccn1Cc1cccc2ccccc12. The van der Waals surface area contributed by atoms with Crippen LogP contribution in [0.25, 0.3) is 10.8 Å². The smallest absolute Gasteiger partial charge is 0.202 e. The molecule has 3 nitrogen and oxygen atoms in total. The minimum Gasteiger partial charge on any atom is -0.359 e. The van der Waals surface area contributed by atoms with Crippen molar-refractivity contribution in [3.05, 3.63) is 60.4 Å². The van der Waals surface area contributed by atoms with Crippen molar-refractivity contribution < 1.29 is 0 Å². The lowest BCUT2D eigenvalue weighted by Gasteiger charge is -2.10. The summed E-state index contributed by atoms with van der Waals surface area (Å²) in [6.45, 7) is 0.831. The van der Waals surface area contributed by atoms with E-state index < -0.39 is 0 Å². The highest BCUT2D eigenvalue weighted by atomic mass is 15.2. The van der Waals surface area contributed by atoms with Gasteiger partial charge in [0.15, 0.2) is 0 Å². The molecule has 3 rings (SSSR count). The Kier molecular flexibility index (Phi) is 2.73. The lowest BCUT2D eigenvalue weighted by molar-refractivity contribution is 0.810. The molecule has 0 radical (unpaired) electrons. The molecule has 0 bridgehead atoms. The van der Waals surface area contributed by atoms with E-state index in [2.05, 4.69) is 57.3 Å². The van der Waals surface area contributed by atoms with E-state index in [1.54, 1.807) is 0 Å². The van der Waals surface area contributed by atoms with Crippen LogP contribution < -0.4 is 5.32 Å². The number of aromatic nitrogens is 2. The van der Waals surface area contributed by atoms with Gasteiger partial charge in [-0.1, -0.05) is 42.5 Å². The monoisotopic (exact) mass is 237 g/mol. The van der Waals surface area contributed by atoms with Gasteiger partial charge in [0, 0.05) is 19.4 Å². The predicted molar refractivity (Wildman–Crippen MR) is 74.8 cm³/mol. The number of imidazole rings is 1. The first-order chi connectivity index (χ1) is 8.88. The molecule has 1 heterocycles. The second-order valence-corrected chi connectivity index (χ2v) is 4.27. The van der Waals surface area contributed by atoms with Crippen molar-refractivity contribution in [1.82, 2.24) is 9.55 Å². The van der Waals surface area contributed by atoms with Crippen molar-refractivity contribution in [2.45, 2.75) is 6.54 Å². The third-order valence-electron chi connectivity index (χ3n) is 3.16. The zero-order valence-corrected chi connectivity index (χ0v) is 10.3. The third kappa shape index (κ3) is 1.84. The van der Waals surface area contributed by atoms with Gasteiger partial charge in [0.2, 0.25) is 5.95 Å². The van der Waals surface area contributed by atoms with Crippen molar-refractivity contribution in [1.29, 1.82) is 0 Å². The van der Waals surface area contributed by atoms with Crippen molar-refractivity contribution in [2.24, 2.45) is 0 Å². The van der Waals surface area contributed by atoms with Crippen LogP contribution in [0.5, 0.6) is 0 Å². The number of hydrogen-bond donors (Lipinski definition) is 1. The standard InChI is InChI=1S/C15H15N3/c1-16-15-17-9-10-18(15)11-13-7-4-6-12-5-2-3-8-14(12)13/h2-10H,11H2,1H3,(H,16,17). The molecule has 0 fully saturated rings. The first kappa shape index (κ1) is 10.8. The minimum atomic E-state index is 0.831. The van der Waals surface area contributed by atoms with E-state index in [0.29, 0.717) is 0 Å². The zero-order valence-electron chi connectivity index (χ0n) is 10.3. The van der Waals surface area contributed by atoms with Crippen LogP contribution in [-0.2, 0) is 6.54 Å². The number of hydrogen-bond acceptors (Lipinski definition) is 2. The maximum absolute atomic E-state index is 4.26. The molecule has 0 aliphatic rings. The second-order valence-electron chi connectivity index (χ2n) is 4.27. The molecule has 3 aromatic rings. The van der Waals surface area contributed by atoms with Crippen molar-refractivity contribution >= 4 is 16.7 Å². The van der Waals surface area contributed by atoms with Crippen LogP contribution >= 0.6 is 0 Å². The Balaban J connectivity index is 2.05. The Bertz CT molecular complexity index is 665. The molecule has 0 saturated heterocycles. The molecule has 1 N–H and O–H groups in total. The van der Waals surface area contributed by atoms with Gasteiger partial charge >= 0.3 is 0 Å². The van der Waals surface area contributed by atoms with Crippen LogP contribution in [0.2, 0.25) is 0 Å². The maximum Gasteiger partial charge on any atom is 0.202 e. The fourth-order valence-electron chi connectivity index (χ4n) is 2.28. The summed E-state index contributed by atoms with van der Waals surface area (Å²) in [5, 5.41) is 5.68. The molecule has 3 heteroatoms. The molecule has 0 aliphatic carbocycles. The van der Waals surface area contributed by atoms with Gasteiger partial charge in [-0.25, -0.2) is 4.98 Å². The van der Waals surface area contributed by atoms with Gasteiger partial charge in [-0.05, 0) is 16.3 Å². The van der Waals surface area contributed by atoms with Gasteiger partial charge < -0.3 is 9.88 Å². The van der Waals surface area contributed by atoms with Crippen molar-refractivity contribution in [3.63, 3.8) is 0 Å². The van der Waals surface area contributed by atoms with E-state index in [4.69, 9.17) is 0 Å². The van der Waals surface area contributed by atoms with Crippen LogP contribution in [0.15, 0.2) is 54.9 Å². The summed E-state index contributed by atoms with van der Waals surface area (Å²) in [5.41, 5.74) is 1.31. The Morgan fingerprint density at radius 2 is 1.94 bits per heavy atom. The van der Waals surface area contributed by atoms with E-state index in [1.807, 2.05) is 19.4 Å². The topological polar surface area (TPSA) is 29.9 Å². The van der Waals surface area contributed by atoms with E-state index in [1.165, 1.54) is 16.3 Å². The summed E-state index contributed by atoms with van der Waals surface area (Å²) in [6, 6.07) is 14.9. The Morgan fingerprint density at radius 1 is 1.11 bits per heavy atom. The van der Waals surface area contributed by atoms with Gasteiger partial charge in [0.05, 0.1) is 6.54 Å². The highest BCUT2D eigenvalue weighted by molar-refractivity contribution is 5.85. The summed E-state index contributed by atoms with van der Waals surface area (Å²) >= 11 is 0. The van der Waals surface area contributed by atoms with Crippen molar-refractivity contribution in [2.75, 3.05) is 12.4 Å². The summed E-state index contributed by atoms with van der Waals surface area (Å²) in [7, 11) is 1.89. The number of nitrogens with zero attached hydrogens (tertiary/aromatic N) is 2. The van der Waals surface area contributed by atoms with Gasteiger partial charge in [-0.3, -0.25) is 0 Å². The molecule has 2 aromatic carbocycles. The molecule has 90 valence electrons. The molecule has 0 saturated carbocycles. The van der Waals surface area contributed by atoms with Crippen LogP contribution in [0.4, 0.5) is 5.95 Å². The van der Waals surface area contributed by atoms with E-state index in [0.717, 1.165) is 12.5 Å². The second kappa shape index (κ2) is 4.53. The van der Waals surface area contributed by atoms with Crippen LogP contribution in [0, 0.1) is 0 Å².